The Labute approximate surface area is 113 Å². The predicted octanol–water partition coefficient (Wildman–Crippen LogP) is 4.72. The number of nitriles is 1. The Morgan fingerprint density at radius 2 is 1.94 bits per heavy atom. The summed E-state index contributed by atoms with van der Waals surface area (Å²) in [6.45, 7) is 0. The fourth-order valence-electron chi connectivity index (χ4n) is 1.46. The van der Waals surface area contributed by atoms with Crippen LogP contribution in [0.3, 0.4) is 0 Å². The molecular formula is C13H8BrClN2. The van der Waals surface area contributed by atoms with Crippen LogP contribution in [0.25, 0.3) is 0 Å². The lowest BCUT2D eigenvalue weighted by atomic mass is 10.2. The first-order chi connectivity index (χ1) is 8.20. The zero-order chi connectivity index (χ0) is 12.3. The highest BCUT2D eigenvalue weighted by atomic mass is 79.9. The van der Waals surface area contributed by atoms with Gasteiger partial charge in [-0.05, 0) is 30.3 Å². The molecule has 1 N–H and O–H groups in total. The van der Waals surface area contributed by atoms with Crippen LogP contribution in [0.1, 0.15) is 5.56 Å². The van der Waals surface area contributed by atoms with E-state index in [9.17, 15) is 0 Å². The van der Waals surface area contributed by atoms with E-state index < -0.39 is 0 Å². The number of hydrogen-bond donors (Lipinski definition) is 1. The number of rotatable bonds is 2. The average molecular weight is 308 g/mol. The molecule has 0 atom stereocenters. The molecule has 4 heteroatoms. The quantitative estimate of drug-likeness (QED) is 0.871. The maximum absolute atomic E-state index is 9.05. The van der Waals surface area contributed by atoms with Gasteiger partial charge >= 0.3 is 0 Å². The minimum absolute atomic E-state index is 0.451. The molecule has 0 amide bonds. The minimum atomic E-state index is 0.451. The molecule has 2 aromatic rings. The number of halogens is 2. The largest absolute Gasteiger partial charge is 0.354 e. The van der Waals surface area contributed by atoms with E-state index in [0.717, 1.165) is 10.2 Å². The van der Waals surface area contributed by atoms with Gasteiger partial charge in [-0.25, -0.2) is 0 Å². The predicted molar refractivity (Wildman–Crippen MR) is 73.6 cm³/mol. The Bertz CT molecular complexity index is 590. The van der Waals surface area contributed by atoms with Crippen LogP contribution in [0.15, 0.2) is 46.9 Å². The van der Waals surface area contributed by atoms with Crippen LogP contribution in [-0.4, -0.2) is 0 Å². The van der Waals surface area contributed by atoms with Crippen molar-refractivity contribution in [1.29, 1.82) is 5.26 Å². The molecule has 0 spiro atoms. The van der Waals surface area contributed by atoms with Gasteiger partial charge in [0.25, 0.3) is 0 Å². The fourth-order valence-corrected chi connectivity index (χ4v) is 2.08. The molecule has 0 aliphatic heterocycles. The average Bonchev–Trinajstić information content (AvgIpc) is 2.29. The van der Waals surface area contributed by atoms with Crippen molar-refractivity contribution in [2.75, 3.05) is 5.32 Å². The molecule has 0 fully saturated rings. The van der Waals surface area contributed by atoms with Gasteiger partial charge in [-0.1, -0.05) is 39.7 Å². The van der Waals surface area contributed by atoms with Crippen LogP contribution in [0.5, 0.6) is 0 Å². The van der Waals surface area contributed by atoms with Gasteiger partial charge in [0.05, 0.1) is 16.3 Å². The topological polar surface area (TPSA) is 35.8 Å². The van der Waals surface area contributed by atoms with Gasteiger partial charge in [0, 0.05) is 10.2 Å². The first-order valence-electron chi connectivity index (χ1n) is 4.92. The van der Waals surface area contributed by atoms with E-state index in [4.69, 9.17) is 16.9 Å². The highest BCUT2D eigenvalue weighted by Gasteiger charge is 2.06. The summed E-state index contributed by atoms with van der Waals surface area (Å²) in [6.07, 6.45) is 0. The lowest BCUT2D eigenvalue weighted by molar-refractivity contribution is 1.46. The summed E-state index contributed by atoms with van der Waals surface area (Å²) in [6, 6.07) is 15.1. The van der Waals surface area contributed by atoms with Crippen molar-refractivity contribution < 1.29 is 0 Å². The monoisotopic (exact) mass is 306 g/mol. The van der Waals surface area contributed by atoms with Crippen LogP contribution in [0.2, 0.25) is 5.02 Å². The molecule has 0 radical (unpaired) electrons. The van der Waals surface area contributed by atoms with Crippen molar-refractivity contribution in [3.05, 3.63) is 57.5 Å². The standard InChI is InChI=1S/C13H8BrClN2/c14-9-3-1-4-10(7-9)17-13-6-2-5-12(15)11(13)8-16/h1-7,17H. The number of nitrogens with zero attached hydrogens (tertiary/aromatic N) is 1. The van der Waals surface area contributed by atoms with Crippen molar-refractivity contribution in [1.82, 2.24) is 0 Å². The number of nitrogens with one attached hydrogen (secondary N) is 1. The highest BCUT2D eigenvalue weighted by molar-refractivity contribution is 9.10. The van der Waals surface area contributed by atoms with Crippen LogP contribution in [0.4, 0.5) is 11.4 Å². The Hall–Kier alpha value is -1.50. The molecule has 2 nitrogen and oxygen atoms in total. The van der Waals surface area contributed by atoms with Gasteiger partial charge in [0.1, 0.15) is 6.07 Å². The van der Waals surface area contributed by atoms with Crippen molar-refractivity contribution in [3.63, 3.8) is 0 Å². The maximum atomic E-state index is 9.05. The molecule has 0 unspecified atom stereocenters. The Morgan fingerprint density at radius 1 is 1.18 bits per heavy atom. The number of anilines is 2. The van der Waals surface area contributed by atoms with Gasteiger partial charge in [0.2, 0.25) is 0 Å². The van der Waals surface area contributed by atoms with Gasteiger partial charge < -0.3 is 5.32 Å². The molecule has 0 saturated heterocycles. The SMILES string of the molecule is N#Cc1c(Cl)cccc1Nc1cccc(Br)c1. The molecule has 2 rings (SSSR count). The van der Waals surface area contributed by atoms with E-state index in [1.165, 1.54) is 0 Å². The third-order valence-corrected chi connectivity index (χ3v) is 3.04. The molecule has 0 aliphatic carbocycles. The van der Waals surface area contributed by atoms with Crippen molar-refractivity contribution in [2.24, 2.45) is 0 Å². The zero-order valence-corrected chi connectivity index (χ0v) is 11.1. The van der Waals surface area contributed by atoms with Crippen molar-refractivity contribution in [2.45, 2.75) is 0 Å². The second-order valence-electron chi connectivity index (χ2n) is 3.41. The van der Waals surface area contributed by atoms with Crippen LogP contribution in [0, 0.1) is 11.3 Å². The van der Waals surface area contributed by atoms with Crippen LogP contribution >= 0.6 is 27.5 Å². The molecule has 2 aromatic carbocycles. The van der Waals surface area contributed by atoms with Gasteiger partial charge in [-0.2, -0.15) is 5.26 Å². The second-order valence-corrected chi connectivity index (χ2v) is 4.73. The Morgan fingerprint density at radius 3 is 2.65 bits per heavy atom. The van der Waals surface area contributed by atoms with E-state index in [1.807, 2.05) is 36.4 Å². The molecule has 17 heavy (non-hydrogen) atoms. The molecule has 0 aromatic heterocycles. The molecule has 0 aliphatic rings. The number of hydrogen-bond acceptors (Lipinski definition) is 2. The lowest BCUT2D eigenvalue weighted by Gasteiger charge is -2.09. The summed E-state index contributed by atoms with van der Waals surface area (Å²) in [5.74, 6) is 0. The minimum Gasteiger partial charge on any atom is -0.354 e. The molecule has 84 valence electrons. The molecule has 0 saturated carbocycles. The first-order valence-corrected chi connectivity index (χ1v) is 6.09. The summed E-state index contributed by atoms with van der Waals surface area (Å²) in [4.78, 5) is 0. The van der Waals surface area contributed by atoms with Crippen molar-refractivity contribution >= 4 is 38.9 Å². The second kappa shape index (κ2) is 5.22. The van der Waals surface area contributed by atoms with Crippen molar-refractivity contribution in [3.8, 4) is 6.07 Å². The highest BCUT2D eigenvalue weighted by Crippen LogP contribution is 2.27. The van der Waals surface area contributed by atoms with E-state index in [-0.39, 0.29) is 0 Å². The van der Waals surface area contributed by atoms with E-state index >= 15 is 0 Å². The summed E-state index contributed by atoms with van der Waals surface area (Å²) < 4.78 is 0.975. The van der Waals surface area contributed by atoms with Gasteiger partial charge in [-0.15, -0.1) is 0 Å². The summed E-state index contributed by atoms with van der Waals surface area (Å²) >= 11 is 9.35. The first kappa shape index (κ1) is 12.0. The lowest BCUT2D eigenvalue weighted by Crippen LogP contribution is -1.93. The Kier molecular flexibility index (Phi) is 3.68. The summed E-state index contributed by atoms with van der Waals surface area (Å²) in [5, 5.41) is 12.7. The van der Waals surface area contributed by atoms with E-state index in [2.05, 4.69) is 27.3 Å². The summed E-state index contributed by atoms with van der Waals surface area (Å²) in [5.41, 5.74) is 2.06. The van der Waals surface area contributed by atoms with E-state index in [0.29, 0.717) is 16.3 Å². The third kappa shape index (κ3) is 2.79. The van der Waals surface area contributed by atoms with E-state index in [1.54, 1.807) is 6.07 Å². The third-order valence-electron chi connectivity index (χ3n) is 2.23. The maximum Gasteiger partial charge on any atom is 0.103 e. The normalized spacial score (nSPS) is 9.71. The molecule has 0 heterocycles. The number of benzene rings is 2. The smallest absolute Gasteiger partial charge is 0.103 e. The zero-order valence-electron chi connectivity index (χ0n) is 8.74. The Balaban J connectivity index is 2.37. The van der Waals surface area contributed by atoms with Gasteiger partial charge in [-0.3, -0.25) is 0 Å². The van der Waals surface area contributed by atoms with Crippen LogP contribution < -0.4 is 5.32 Å². The fraction of sp³-hybridized carbons (Fsp3) is 0. The molecule has 0 bridgehead atoms. The summed E-state index contributed by atoms with van der Waals surface area (Å²) in [7, 11) is 0. The van der Waals surface area contributed by atoms with Gasteiger partial charge in [0.15, 0.2) is 0 Å². The molecular weight excluding hydrogens is 300 g/mol. The van der Waals surface area contributed by atoms with Crippen LogP contribution in [-0.2, 0) is 0 Å².